The van der Waals surface area contributed by atoms with Gasteiger partial charge in [-0.3, -0.25) is 9.69 Å². The van der Waals surface area contributed by atoms with Crippen molar-refractivity contribution in [1.29, 1.82) is 0 Å². The summed E-state index contributed by atoms with van der Waals surface area (Å²) in [5.41, 5.74) is 0.777. The van der Waals surface area contributed by atoms with Crippen molar-refractivity contribution in [3.63, 3.8) is 0 Å². The maximum absolute atomic E-state index is 14.2. The minimum Gasteiger partial charge on any atom is -0.493 e. The highest BCUT2D eigenvalue weighted by Crippen LogP contribution is 2.32. The number of hydrogen-bond donors (Lipinski definition) is 0. The van der Waals surface area contributed by atoms with Crippen molar-refractivity contribution in [2.45, 2.75) is 13.0 Å². The molecule has 2 aromatic carbocycles. The van der Waals surface area contributed by atoms with Gasteiger partial charge in [0.1, 0.15) is 11.3 Å². The molecule has 0 unspecified atom stereocenters. The molecule has 0 saturated heterocycles. The zero-order valence-corrected chi connectivity index (χ0v) is 20.6. The van der Waals surface area contributed by atoms with Crippen LogP contribution < -0.4 is 14.4 Å². The molecule has 0 aliphatic carbocycles. The summed E-state index contributed by atoms with van der Waals surface area (Å²) in [5, 5.41) is 0.298. The molecule has 4 aromatic rings. The predicted octanol–water partition coefficient (Wildman–Crippen LogP) is 5.35. The van der Waals surface area contributed by atoms with Crippen molar-refractivity contribution in [1.82, 2.24) is 14.5 Å². The Hall–Kier alpha value is -3.50. The first-order valence-electron chi connectivity index (χ1n) is 10.4. The van der Waals surface area contributed by atoms with Gasteiger partial charge in [-0.15, -0.1) is 12.4 Å². The SMILES string of the molecule is COc1ccc(/C=C/C(=O)N(CCCn2ccnc2)c2nc3c(F)cc(F)cc3s2)cc1OC.Cl. The van der Waals surface area contributed by atoms with Crippen LogP contribution in [-0.2, 0) is 11.3 Å². The van der Waals surface area contributed by atoms with E-state index in [4.69, 9.17) is 9.47 Å². The molecule has 2 aromatic heterocycles. The average molecular weight is 521 g/mol. The second-order valence-electron chi connectivity index (χ2n) is 7.32. The summed E-state index contributed by atoms with van der Waals surface area (Å²) in [6.45, 7) is 0.967. The summed E-state index contributed by atoms with van der Waals surface area (Å²) in [7, 11) is 3.08. The highest BCUT2D eigenvalue weighted by molar-refractivity contribution is 7.22. The molecule has 0 fully saturated rings. The Labute approximate surface area is 211 Å². The van der Waals surface area contributed by atoms with Crippen LogP contribution in [0.4, 0.5) is 13.9 Å². The van der Waals surface area contributed by atoms with Gasteiger partial charge in [-0.2, -0.15) is 0 Å². The van der Waals surface area contributed by atoms with Gasteiger partial charge in [0.15, 0.2) is 22.4 Å². The van der Waals surface area contributed by atoms with Crippen LogP contribution in [0.1, 0.15) is 12.0 Å². The lowest BCUT2D eigenvalue weighted by Crippen LogP contribution is -2.30. The number of nitrogens with zero attached hydrogens (tertiary/aromatic N) is 4. The molecule has 0 aliphatic heterocycles. The van der Waals surface area contributed by atoms with E-state index in [1.165, 1.54) is 24.2 Å². The van der Waals surface area contributed by atoms with Gasteiger partial charge in [-0.25, -0.2) is 18.7 Å². The minimum absolute atomic E-state index is 0. The number of amides is 1. The third kappa shape index (κ3) is 6.14. The number of aryl methyl sites for hydroxylation is 1. The number of benzene rings is 2. The molecule has 0 radical (unpaired) electrons. The second kappa shape index (κ2) is 11.8. The Bertz CT molecular complexity index is 1330. The van der Waals surface area contributed by atoms with Gasteiger partial charge in [0, 0.05) is 37.6 Å². The van der Waals surface area contributed by atoms with E-state index in [2.05, 4.69) is 9.97 Å². The topological polar surface area (TPSA) is 69.5 Å². The second-order valence-corrected chi connectivity index (χ2v) is 8.33. The summed E-state index contributed by atoms with van der Waals surface area (Å²) in [6.07, 6.45) is 8.89. The number of halogens is 3. The first kappa shape index (κ1) is 26.1. The molecule has 35 heavy (non-hydrogen) atoms. The number of hydrogen-bond acceptors (Lipinski definition) is 6. The van der Waals surface area contributed by atoms with Gasteiger partial charge < -0.3 is 14.0 Å². The highest BCUT2D eigenvalue weighted by atomic mass is 35.5. The van der Waals surface area contributed by atoms with Gasteiger partial charge in [-0.1, -0.05) is 17.4 Å². The monoisotopic (exact) mass is 520 g/mol. The van der Waals surface area contributed by atoms with Crippen LogP contribution in [-0.4, -0.2) is 41.2 Å². The number of ether oxygens (including phenoxy) is 2. The molecule has 2 heterocycles. The van der Waals surface area contributed by atoms with Crippen LogP contribution in [0.5, 0.6) is 11.5 Å². The Balaban J connectivity index is 0.00000342. The minimum atomic E-state index is -0.760. The fourth-order valence-electron chi connectivity index (χ4n) is 3.41. The normalized spacial score (nSPS) is 11.0. The molecule has 0 N–H and O–H groups in total. The van der Waals surface area contributed by atoms with Gasteiger partial charge in [0.25, 0.3) is 5.91 Å². The van der Waals surface area contributed by atoms with E-state index in [0.717, 1.165) is 23.0 Å². The number of anilines is 1. The Morgan fingerprint density at radius 1 is 1.17 bits per heavy atom. The molecular formula is C24H23ClF2N4O3S. The number of fused-ring (bicyclic) bond motifs is 1. The summed E-state index contributed by atoms with van der Waals surface area (Å²) in [6, 6.07) is 7.30. The van der Waals surface area contributed by atoms with Crippen LogP contribution in [0.3, 0.4) is 0 Å². The van der Waals surface area contributed by atoms with E-state index >= 15 is 0 Å². The molecule has 0 saturated carbocycles. The maximum Gasteiger partial charge on any atom is 0.252 e. The number of carbonyl (C=O) groups excluding carboxylic acids is 1. The first-order valence-corrected chi connectivity index (χ1v) is 11.2. The first-order chi connectivity index (χ1) is 16.5. The third-order valence-corrected chi connectivity index (χ3v) is 6.11. The number of aromatic nitrogens is 3. The fourth-order valence-corrected chi connectivity index (χ4v) is 4.44. The predicted molar refractivity (Wildman–Crippen MR) is 135 cm³/mol. The molecule has 0 atom stereocenters. The lowest BCUT2D eigenvalue weighted by atomic mass is 10.2. The van der Waals surface area contributed by atoms with Crippen LogP contribution in [0, 0.1) is 11.6 Å². The third-order valence-electron chi connectivity index (χ3n) is 5.08. The fraction of sp³-hybridized carbons (Fsp3) is 0.208. The van der Waals surface area contributed by atoms with Crippen LogP contribution in [0.25, 0.3) is 16.3 Å². The molecule has 11 heteroatoms. The zero-order valence-electron chi connectivity index (χ0n) is 19.0. The van der Waals surface area contributed by atoms with Crippen LogP contribution in [0.15, 0.2) is 55.1 Å². The summed E-state index contributed by atoms with van der Waals surface area (Å²) in [4.78, 5) is 22.9. The Morgan fingerprint density at radius 3 is 2.69 bits per heavy atom. The number of methoxy groups -OCH3 is 2. The number of carbonyl (C=O) groups is 1. The van der Waals surface area contributed by atoms with E-state index in [9.17, 15) is 13.6 Å². The van der Waals surface area contributed by atoms with Gasteiger partial charge >= 0.3 is 0 Å². The van der Waals surface area contributed by atoms with E-state index in [0.29, 0.717) is 40.8 Å². The molecule has 0 aliphatic rings. The number of thiazole rings is 1. The van der Waals surface area contributed by atoms with Crippen molar-refractivity contribution >= 4 is 51.1 Å². The molecular weight excluding hydrogens is 498 g/mol. The molecule has 4 rings (SSSR count). The molecule has 1 amide bonds. The quantitative estimate of drug-likeness (QED) is 0.278. The van der Waals surface area contributed by atoms with Crippen LogP contribution >= 0.6 is 23.7 Å². The summed E-state index contributed by atoms with van der Waals surface area (Å²) in [5.74, 6) is -0.662. The lowest BCUT2D eigenvalue weighted by Gasteiger charge is -2.18. The van der Waals surface area contributed by atoms with Gasteiger partial charge in [0.05, 0.1) is 25.2 Å². The summed E-state index contributed by atoms with van der Waals surface area (Å²) < 4.78 is 40.7. The molecule has 184 valence electrons. The maximum atomic E-state index is 14.2. The van der Waals surface area contributed by atoms with Crippen molar-refractivity contribution in [3.05, 3.63) is 72.3 Å². The number of imidazole rings is 1. The van der Waals surface area contributed by atoms with E-state index in [1.54, 1.807) is 43.9 Å². The van der Waals surface area contributed by atoms with Crippen molar-refractivity contribution in [3.8, 4) is 11.5 Å². The van der Waals surface area contributed by atoms with Gasteiger partial charge in [0.2, 0.25) is 0 Å². The largest absolute Gasteiger partial charge is 0.493 e. The number of rotatable bonds is 9. The molecule has 0 spiro atoms. The van der Waals surface area contributed by atoms with Crippen molar-refractivity contribution in [2.24, 2.45) is 0 Å². The van der Waals surface area contributed by atoms with E-state index in [1.807, 2.05) is 10.8 Å². The Kier molecular flexibility index (Phi) is 8.78. The molecule has 7 nitrogen and oxygen atoms in total. The molecule has 0 bridgehead atoms. The smallest absolute Gasteiger partial charge is 0.252 e. The van der Waals surface area contributed by atoms with Gasteiger partial charge in [-0.05, 0) is 36.3 Å². The Morgan fingerprint density at radius 2 is 1.97 bits per heavy atom. The highest BCUT2D eigenvalue weighted by Gasteiger charge is 2.20. The van der Waals surface area contributed by atoms with Crippen LogP contribution in [0.2, 0.25) is 0 Å². The van der Waals surface area contributed by atoms with Crippen molar-refractivity contribution < 1.29 is 23.0 Å². The standard InChI is InChI=1S/C24H22F2N4O3S.ClH/c1-32-19-6-4-16(12-20(19)33-2)5-7-22(31)30(10-3-9-29-11-8-27-15-29)24-28-23-18(26)13-17(25)14-21(23)34-24;/h4-8,11-15H,3,9-10H2,1-2H3;1H/b7-5+;. The van der Waals surface area contributed by atoms with E-state index < -0.39 is 11.6 Å². The average Bonchev–Trinajstić information content (AvgIpc) is 3.50. The lowest BCUT2D eigenvalue weighted by molar-refractivity contribution is -0.114. The zero-order chi connectivity index (χ0) is 24.1. The van der Waals surface area contributed by atoms with Crippen molar-refractivity contribution in [2.75, 3.05) is 25.7 Å². The van der Waals surface area contributed by atoms with E-state index in [-0.39, 0.29) is 23.8 Å². The summed E-state index contributed by atoms with van der Waals surface area (Å²) >= 11 is 1.07.